The van der Waals surface area contributed by atoms with Crippen molar-refractivity contribution >= 4 is 5.91 Å². The largest absolute Gasteiger partial charge is 0.486 e. The van der Waals surface area contributed by atoms with Gasteiger partial charge in [0.25, 0.3) is 0 Å². The molecule has 0 aromatic heterocycles. The minimum absolute atomic E-state index is 0.0491. The van der Waals surface area contributed by atoms with Gasteiger partial charge in [-0.25, -0.2) is 0 Å². The van der Waals surface area contributed by atoms with Crippen LogP contribution in [0.2, 0.25) is 0 Å². The van der Waals surface area contributed by atoms with Gasteiger partial charge in [0.1, 0.15) is 13.2 Å². The Morgan fingerprint density at radius 2 is 1.81 bits per heavy atom. The molecule has 0 spiro atoms. The number of fused-ring (bicyclic) bond motifs is 1. The highest BCUT2D eigenvalue weighted by Crippen LogP contribution is 2.34. The summed E-state index contributed by atoms with van der Waals surface area (Å²) in [7, 11) is 0. The second kappa shape index (κ2) is 7.79. The van der Waals surface area contributed by atoms with Gasteiger partial charge in [0.05, 0.1) is 0 Å². The van der Waals surface area contributed by atoms with Crippen LogP contribution in [-0.4, -0.2) is 25.7 Å². The molecule has 138 valence electrons. The van der Waals surface area contributed by atoms with Crippen molar-refractivity contribution < 1.29 is 14.3 Å². The van der Waals surface area contributed by atoms with Crippen LogP contribution in [0.5, 0.6) is 11.5 Å². The van der Waals surface area contributed by atoms with E-state index in [9.17, 15) is 4.79 Å². The Bertz CT molecular complexity index is 759. The lowest BCUT2D eigenvalue weighted by Crippen LogP contribution is -2.37. The summed E-state index contributed by atoms with van der Waals surface area (Å²) in [5.41, 5.74) is 7.96. The third kappa shape index (κ3) is 4.35. The molecule has 0 saturated heterocycles. The Kier molecular flexibility index (Phi) is 5.47. The van der Waals surface area contributed by atoms with Gasteiger partial charge >= 0.3 is 0 Å². The lowest BCUT2D eigenvalue weighted by atomic mass is 9.84. The van der Waals surface area contributed by atoms with Crippen molar-refractivity contribution in [3.63, 3.8) is 0 Å². The maximum absolute atomic E-state index is 12.3. The number of nitrogens with one attached hydrogen (secondary N) is 1. The quantitative estimate of drug-likeness (QED) is 0.836. The summed E-state index contributed by atoms with van der Waals surface area (Å²) in [6, 6.07) is 15.3. The second-order valence-electron chi connectivity index (χ2n) is 7.24. The van der Waals surface area contributed by atoms with Gasteiger partial charge < -0.3 is 20.5 Å². The highest BCUT2D eigenvalue weighted by molar-refractivity contribution is 5.77. The number of hydrogen-bond donors (Lipinski definition) is 2. The van der Waals surface area contributed by atoms with Crippen molar-refractivity contribution in [2.24, 2.45) is 5.73 Å². The zero-order chi connectivity index (χ0) is 18.6. The topological polar surface area (TPSA) is 73.6 Å². The third-order valence-corrected chi connectivity index (χ3v) is 4.68. The van der Waals surface area contributed by atoms with Crippen LogP contribution in [0.1, 0.15) is 37.4 Å². The van der Waals surface area contributed by atoms with Crippen molar-refractivity contribution in [1.29, 1.82) is 0 Å². The zero-order valence-electron chi connectivity index (χ0n) is 15.3. The summed E-state index contributed by atoms with van der Waals surface area (Å²) in [6.45, 7) is 5.84. The monoisotopic (exact) mass is 354 g/mol. The van der Waals surface area contributed by atoms with Gasteiger partial charge in [0, 0.05) is 24.4 Å². The second-order valence-corrected chi connectivity index (χ2v) is 7.24. The highest BCUT2D eigenvalue weighted by atomic mass is 16.6. The molecule has 3 N–H and O–H groups in total. The van der Waals surface area contributed by atoms with Crippen LogP contribution in [0.4, 0.5) is 0 Å². The Labute approximate surface area is 154 Å². The fourth-order valence-electron chi connectivity index (χ4n) is 2.98. The first-order chi connectivity index (χ1) is 12.5. The van der Waals surface area contributed by atoms with E-state index in [1.165, 1.54) is 0 Å². The minimum atomic E-state index is -0.298. The number of rotatable bonds is 6. The molecule has 1 atom stereocenters. The van der Waals surface area contributed by atoms with Gasteiger partial charge in [0.15, 0.2) is 11.5 Å². The summed E-state index contributed by atoms with van der Waals surface area (Å²) in [4.78, 5) is 12.3. The Balaban J connectivity index is 1.58. The molecule has 1 heterocycles. The third-order valence-electron chi connectivity index (χ3n) is 4.68. The lowest BCUT2D eigenvalue weighted by Gasteiger charge is -2.28. The standard InChI is InChI=1S/C21H26N2O3/c1-21(2,16-8-9-18-19(12-16)26-11-10-25-18)14-23-20(24)13-17(22)15-6-4-3-5-7-15/h3-9,12,17H,10-11,13-14,22H2,1-2H3,(H,23,24). The van der Waals surface area contributed by atoms with Gasteiger partial charge in [-0.1, -0.05) is 50.2 Å². The van der Waals surface area contributed by atoms with Gasteiger partial charge in [0.2, 0.25) is 5.91 Å². The summed E-state index contributed by atoms with van der Waals surface area (Å²) in [6.07, 6.45) is 0.265. The zero-order valence-corrected chi connectivity index (χ0v) is 15.3. The molecule has 0 fully saturated rings. The highest BCUT2D eigenvalue weighted by Gasteiger charge is 2.24. The van der Waals surface area contributed by atoms with E-state index in [1.807, 2.05) is 48.5 Å². The van der Waals surface area contributed by atoms with E-state index >= 15 is 0 Å². The average Bonchev–Trinajstić information content (AvgIpc) is 2.67. The van der Waals surface area contributed by atoms with Crippen LogP contribution in [0.25, 0.3) is 0 Å². The van der Waals surface area contributed by atoms with Crippen LogP contribution in [0, 0.1) is 0 Å². The Hall–Kier alpha value is -2.53. The maximum atomic E-state index is 12.3. The minimum Gasteiger partial charge on any atom is -0.486 e. The summed E-state index contributed by atoms with van der Waals surface area (Å²) in [5.74, 6) is 1.49. The average molecular weight is 354 g/mol. The van der Waals surface area contributed by atoms with Crippen molar-refractivity contribution in [2.75, 3.05) is 19.8 Å². The molecule has 1 aliphatic heterocycles. The van der Waals surface area contributed by atoms with E-state index in [0.29, 0.717) is 19.8 Å². The molecule has 3 rings (SSSR count). The molecule has 5 heteroatoms. The van der Waals surface area contributed by atoms with Crippen LogP contribution < -0.4 is 20.5 Å². The summed E-state index contributed by atoms with van der Waals surface area (Å²) in [5, 5.41) is 3.01. The Morgan fingerprint density at radius 1 is 1.12 bits per heavy atom. The number of nitrogens with two attached hydrogens (primary N) is 1. The van der Waals surface area contributed by atoms with E-state index in [1.54, 1.807) is 0 Å². The van der Waals surface area contributed by atoms with Crippen LogP contribution in [0.15, 0.2) is 48.5 Å². The van der Waals surface area contributed by atoms with E-state index in [-0.39, 0.29) is 23.8 Å². The lowest BCUT2D eigenvalue weighted by molar-refractivity contribution is -0.121. The van der Waals surface area contributed by atoms with Crippen molar-refractivity contribution in [2.45, 2.75) is 31.7 Å². The molecular weight excluding hydrogens is 328 g/mol. The van der Waals surface area contributed by atoms with E-state index < -0.39 is 0 Å². The van der Waals surface area contributed by atoms with Gasteiger partial charge in [-0.05, 0) is 23.3 Å². The number of benzene rings is 2. The molecule has 0 bridgehead atoms. The molecule has 2 aromatic carbocycles. The molecule has 26 heavy (non-hydrogen) atoms. The fourth-order valence-corrected chi connectivity index (χ4v) is 2.98. The fraction of sp³-hybridized carbons (Fsp3) is 0.381. The van der Waals surface area contributed by atoms with E-state index in [2.05, 4.69) is 19.2 Å². The summed E-state index contributed by atoms with van der Waals surface area (Å²) < 4.78 is 11.2. The van der Waals surface area contributed by atoms with Crippen molar-refractivity contribution in [1.82, 2.24) is 5.32 Å². The smallest absolute Gasteiger partial charge is 0.221 e. The van der Waals surface area contributed by atoms with Gasteiger partial charge in [-0.15, -0.1) is 0 Å². The van der Waals surface area contributed by atoms with Gasteiger partial charge in [-0.2, -0.15) is 0 Å². The number of amides is 1. The molecule has 1 aliphatic rings. The number of carbonyl (C=O) groups excluding carboxylic acids is 1. The normalized spacial score (nSPS) is 14.6. The Morgan fingerprint density at radius 3 is 2.54 bits per heavy atom. The van der Waals surface area contributed by atoms with Crippen molar-refractivity contribution in [3.8, 4) is 11.5 Å². The maximum Gasteiger partial charge on any atom is 0.221 e. The molecule has 1 amide bonds. The SMILES string of the molecule is CC(C)(CNC(=O)CC(N)c1ccccc1)c1ccc2c(c1)OCCO2. The van der Waals surface area contributed by atoms with Crippen LogP contribution >= 0.6 is 0 Å². The number of ether oxygens (including phenoxy) is 2. The molecule has 0 radical (unpaired) electrons. The van der Waals surface area contributed by atoms with E-state index in [4.69, 9.17) is 15.2 Å². The predicted octanol–water partition coefficient (Wildman–Crippen LogP) is 2.94. The molecule has 0 aliphatic carbocycles. The van der Waals surface area contributed by atoms with E-state index in [0.717, 1.165) is 22.6 Å². The van der Waals surface area contributed by atoms with Crippen LogP contribution in [0.3, 0.4) is 0 Å². The predicted molar refractivity (Wildman–Crippen MR) is 101 cm³/mol. The molecule has 2 aromatic rings. The molecule has 1 unspecified atom stereocenters. The van der Waals surface area contributed by atoms with Crippen molar-refractivity contribution in [3.05, 3.63) is 59.7 Å². The number of hydrogen-bond acceptors (Lipinski definition) is 4. The summed E-state index contributed by atoms with van der Waals surface area (Å²) >= 11 is 0. The molecule has 0 saturated carbocycles. The molecular formula is C21H26N2O3. The number of carbonyl (C=O) groups is 1. The first-order valence-electron chi connectivity index (χ1n) is 8.93. The van der Waals surface area contributed by atoms with Gasteiger partial charge in [-0.3, -0.25) is 4.79 Å². The first-order valence-corrected chi connectivity index (χ1v) is 8.93. The van der Waals surface area contributed by atoms with Crippen LogP contribution in [-0.2, 0) is 10.2 Å². The first kappa shape index (κ1) is 18.3. The molecule has 5 nitrogen and oxygen atoms in total.